The number of hydrogen-bond acceptors (Lipinski definition) is 5. The normalized spacial score (nSPS) is 28.0. The molecule has 1 aromatic carbocycles. The lowest BCUT2D eigenvalue weighted by Crippen LogP contribution is -2.58. The molecular formula is C20H28N6. The molecule has 6 N–H and O–H groups in total. The maximum absolute atomic E-state index is 6.83. The minimum atomic E-state index is -0.612. The van der Waals surface area contributed by atoms with Gasteiger partial charge in [0.2, 0.25) is 0 Å². The molecule has 0 saturated heterocycles. The van der Waals surface area contributed by atoms with E-state index in [1.54, 1.807) is 6.20 Å². The molecule has 138 valence electrons. The lowest BCUT2D eigenvalue weighted by molar-refractivity contribution is 0.239. The predicted molar refractivity (Wildman–Crippen MR) is 106 cm³/mol. The van der Waals surface area contributed by atoms with Gasteiger partial charge in [0, 0.05) is 30.0 Å². The van der Waals surface area contributed by atoms with Crippen LogP contribution in [0.25, 0.3) is 5.70 Å². The van der Waals surface area contributed by atoms with Gasteiger partial charge < -0.3 is 22.2 Å². The number of imidazole rings is 1. The Morgan fingerprint density at radius 2 is 1.96 bits per heavy atom. The zero-order valence-corrected chi connectivity index (χ0v) is 15.3. The largest absolute Gasteiger partial charge is 0.353 e. The number of aryl methyl sites for hydroxylation is 1. The van der Waals surface area contributed by atoms with Crippen LogP contribution in [-0.4, -0.2) is 21.4 Å². The summed E-state index contributed by atoms with van der Waals surface area (Å²) < 4.78 is 1.93. The Labute approximate surface area is 154 Å². The summed E-state index contributed by atoms with van der Waals surface area (Å²) in [5, 5.41) is 3.51. The van der Waals surface area contributed by atoms with Crippen molar-refractivity contribution >= 4 is 11.4 Å². The first-order valence-corrected chi connectivity index (χ1v) is 9.52. The van der Waals surface area contributed by atoms with Crippen molar-refractivity contribution in [2.45, 2.75) is 50.7 Å². The van der Waals surface area contributed by atoms with Crippen LogP contribution in [0.5, 0.6) is 0 Å². The second-order valence-electron chi connectivity index (χ2n) is 7.51. The van der Waals surface area contributed by atoms with E-state index in [-0.39, 0.29) is 0 Å². The molecule has 6 nitrogen and oxygen atoms in total. The maximum Gasteiger partial charge on any atom is 0.174 e. The van der Waals surface area contributed by atoms with E-state index in [0.29, 0.717) is 12.0 Å². The molecule has 4 rings (SSSR count). The summed E-state index contributed by atoms with van der Waals surface area (Å²) in [6.45, 7) is 2.16. The van der Waals surface area contributed by atoms with E-state index in [4.69, 9.17) is 11.5 Å². The number of nitrogens with zero attached hydrogens (tertiary/aromatic N) is 2. The van der Waals surface area contributed by atoms with E-state index in [1.807, 2.05) is 10.9 Å². The van der Waals surface area contributed by atoms with Gasteiger partial charge in [0.1, 0.15) is 5.66 Å². The highest BCUT2D eigenvalue weighted by atomic mass is 15.5. The fourth-order valence-electron chi connectivity index (χ4n) is 4.01. The zero-order valence-electron chi connectivity index (χ0n) is 15.3. The van der Waals surface area contributed by atoms with E-state index in [0.717, 1.165) is 49.3 Å². The summed E-state index contributed by atoms with van der Waals surface area (Å²) in [7, 11) is 0. The molecule has 2 aromatic rings. The molecule has 1 aliphatic heterocycles. The third kappa shape index (κ3) is 3.22. The first kappa shape index (κ1) is 17.1. The van der Waals surface area contributed by atoms with E-state index in [2.05, 4.69) is 53.0 Å². The van der Waals surface area contributed by atoms with E-state index < -0.39 is 5.66 Å². The average Bonchev–Trinajstić information content (AvgIpc) is 3.11. The minimum absolute atomic E-state index is 0.306. The number of anilines is 1. The predicted octanol–water partition coefficient (Wildman–Crippen LogP) is 2.63. The minimum Gasteiger partial charge on any atom is -0.353 e. The van der Waals surface area contributed by atoms with E-state index >= 15 is 0 Å². The number of fused-ring (bicyclic) bond motifs is 1. The molecule has 2 aliphatic rings. The maximum atomic E-state index is 6.83. The quantitative estimate of drug-likeness (QED) is 0.679. The summed E-state index contributed by atoms with van der Waals surface area (Å²) in [6, 6.07) is 8.81. The zero-order chi connectivity index (χ0) is 18.1. The lowest BCUT2D eigenvalue weighted by atomic mass is 9.78. The molecular weight excluding hydrogens is 324 g/mol. The Bertz CT molecular complexity index is 785. The molecule has 2 heterocycles. The molecule has 0 spiro atoms. The van der Waals surface area contributed by atoms with Crippen molar-refractivity contribution in [2.75, 3.05) is 10.7 Å². The monoisotopic (exact) mass is 352 g/mol. The van der Waals surface area contributed by atoms with Gasteiger partial charge in [-0.25, -0.2) is 9.66 Å². The van der Waals surface area contributed by atoms with Crippen LogP contribution in [0.15, 0.2) is 42.7 Å². The second kappa shape index (κ2) is 6.78. The van der Waals surface area contributed by atoms with Crippen LogP contribution in [-0.2, 0) is 6.42 Å². The molecule has 0 bridgehead atoms. The third-order valence-corrected chi connectivity index (χ3v) is 5.67. The van der Waals surface area contributed by atoms with Crippen molar-refractivity contribution in [1.29, 1.82) is 0 Å². The van der Waals surface area contributed by atoms with Crippen LogP contribution in [0, 0.1) is 5.92 Å². The summed E-state index contributed by atoms with van der Waals surface area (Å²) in [5.41, 5.74) is 19.0. The summed E-state index contributed by atoms with van der Waals surface area (Å²) in [6.07, 6.45) is 11.0. The number of rotatable bonds is 4. The van der Waals surface area contributed by atoms with Crippen molar-refractivity contribution in [1.82, 2.24) is 9.66 Å². The molecule has 1 atom stereocenters. The van der Waals surface area contributed by atoms with Crippen molar-refractivity contribution in [3.8, 4) is 0 Å². The highest BCUT2D eigenvalue weighted by molar-refractivity contribution is 5.76. The van der Waals surface area contributed by atoms with Gasteiger partial charge in [0.15, 0.2) is 5.82 Å². The number of hydrogen-bond donors (Lipinski definition) is 4. The molecule has 1 unspecified atom stereocenters. The fraction of sp³-hybridized carbons (Fsp3) is 0.450. The molecule has 1 saturated carbocycles. The van der Waals surface area contributed by atoms with Crippen LogP contribution < -0.4 is 22.2 Å². The fourth-order valence-corrected chi connectivity index (χ4v) is 4.01. The Morgan fingerprint density at radius 1 is 1.23 bits per heavy atom. The molecule has 1 aliphatic carbocycles. The Hall–Kier alpha value is -2.31. The number of aromatic nitrogens is 2. The standard InChI is InChI=1S/C20H28N6/c1-2-14-3-9-17(10-4-14)24-18-13-20(22,15-5-7-16(21)8-6-15)25-26-12-11-23-19(18)26/h3-4,9-13,15-16,24-25H,2,5-8,21-22H2,1H3. The third-order valence-electron chi connectivity index (χ3n) is 5.67. The van der Waals surface area contributed by atoms with Gasteiger partial charge in [-0.15, -0.1) is 0 Å². The van der Waals surface area contributed by atoms with Gasteiger partial charge in [-0.05, 0) is 55.9 Å². The Balaban J connectivity index is 1.62. The lowest BCUT2D eigenvalue weighted by Gasteiger charge is -2.42. The Morgan fingerprint density at radius 3 is 2.65 bits per heavy atom. The molecule has 0 radical (unpaired) electrons. The van der Waals surface area contributed by atoms with Crippen LogP contribution in [0.1, 0.15) is 44.0 Å². The number of benzene rings is 1. The van der Waals surface area contributed by atoms with Gasteiger partial charge >= 0.3 is 0 Å². The van der Waals surface area contributed by atoms with Crippen LogP contribution in [0.4, 0.5) is 5.69 Å². The van der Waals surface area contributed by atoms with Crippen molar-refractivity contribution in [3.05, 3.63) is 54.1 Å². The van der Waals surface area contributed by atoms with E-state index in [9.17, 15) is 0 Å². The second-order valence-corrected chi connectivity index (χ2v) is 7.51. The van der Waals surface area contributed by atoms with Crippen molar-refractivity contribution in [2.24, 2.45) is 17.4 Å². The molecule has 6 heteroatoms. The van der Waals surface area contributed by atoms with Crippen molar-refractivity contribution < 1.29 is 0 Å². The van der Waals surface area contributed by atoms with Crippen LogP contribution in [0.3, 0.4) is 0 Å². The highest BCUT2D eigenvalue weighted by Crippen LogP contribution is 2.35. The SMILES string of the molecule is CCc1ccc(NC2=CC(N)(C3CCC(N)CC3)Nn3ccnc32)cc1. The van der Waals surface area contributed by atoms with E-state index in [1.165, 1.54) is 5.56 Å². The summed E-state index contributed by atoms with van der Waals surface area (Å²) >= 11 is 0. The van der Waals surface area contributed by atoms with Gasteiger partial charge in [-0.3, -0.25) is 0 Å². The van der Waals surface area contributed by atoms with Crippen LogP contribution >= 0.6 is 0 Å². The smallest absolute Gasteiger partial charge is 0.174 e. The molecule has 0 amide bonds. The number of nitrogens with one attached hydrogen (secondary N) is 2. The topological polar surface area (TPSA) is 93.9 Å². The van der Waals surface area contributed by atoms with Crippen LogP contribution in [0.2, 0.25) is 0 Å². The summed E-state index contributed by atoms with van der Waals surface area (Å²) in [4.78, 5) is 4.48. The van der Waals surface area contributed by atoms with Gasteiger partial charge in [0.25, 0.3) is 0 Å². The van der Waals surface area contributed by atoms with Gasteiger partial charge in [0.05, 0.1) is 5.70 Å². The highest BCUT2D eigenvalue weighted by Gasteiger charge is 2.39. The first-order chi connectivity index (χ1) is 12.6. The molecule has 1 fully saturated rings. The average molecular weight is 352 g/mol. The van der Waals surface area contributed by atoms with Crippen molar-refractivity contribution in [3.63, 3.8) is 0 Å². The van der Waals surface area contributed by atoms with Gasteiger partial charge in [-0.2, -0.15) is 0 Å². The first-order valence-electron chi connectivity index (χ1n) is 9.52. The van der Waals surface area contributed by atoms with Gasteiger partial charge in [-0.1, -0.05) is 19.1 Å². The number of nitrogens with two attached hydrogens (primary N) is 2. The summed E-state index contributed by atoms with van der Waals surface area (Å²) in [5.74, 6) is 1.19. The molecule has 26 heavy (non-hydrogen) atoms. The Kier molecular flexibility index (Phi) is 4.46. The molecule has 1 aromatic heterocycles.